The lowest BCUT2D eigenvalue weighted by atomic mass is 9.82. The maximum absolute atomic E-state index is 12.5. The van der Waals surface area contributed by atoms with Gasteiger partial charge in [0.25, 0.3) is 0 Å². The molecule has 1 amide bonds. The Morgan fingerprint density at radius 2 is 1.81 bits per heavy atom. The normalized spacial score (nSPS) is 21.0. The number of nitrogens with zero attached hydrogens (tertiary/aromatic N) is 3. The number of methoxy groups -OCH3 is 1. The molecular weight excluding hydrogens is 464 g/mol. The molecule has 7 heteroatoms. The standard InChI is InChI=1S/C30H30N4O3/c1-3-29(35)34-20-10-7-11-21(34)15-22(14-20)37-28-16-24-26(17-27(28)36-2)31-18-32-30(24)33-25-13-6-9-19-8-4-5-12-23(19)25/h3-6,8-9,12-13,16-18,20-22H,1,7,10-11,14-15H2,2H3,(H,31,32,33). The highest BCUT2D eigenvalue weighted by Gasteiger charge is 2.41. The average Bonchev–Trinajstić information content (AvgIpc) is 2.92. The van der Waals surface area contributed by atoms with E-state index >= 15 is 0 Å². The molecule has 1 aromatic heterocycles. The van der Waals surface area contributed by atoms with Gasteiger partial charge in [0, 0.05) is 47.5 Å². The molecule has 37 heavy (non-hydrogen) atoms. The fraction of sp³-hybridized carbons (Fsp3) is 0.300. The predicted octanol–water partition coefficient (Wildman–Crippen LogP) is 6.01. The summed E-state index contributed by atoms with van der Waals surface area (Å²) in [6, 6.07) is 18.7. The summed E-state index contributed by atoms with van der Waals surface area (Å²) < 4.78 is 12.3. The van der Waals surface area contributed by atoms with Crippen LogP contribution in [-0.2, 0) is 4.79 Å². The Morgan fingerprint density at radius 3 is 2.59 bits per heavy atom. The Hall–Kier alpha value is -4.13. The van der Waals surface area contributed by atoms with Gasteiger partial charge in [-0.3, -0.25) is 4.79 Å². The van der Waals surface area contributed by atoms with Crippen LogP contribution in [0.2, 0.25) is 0 Å². The molecule has 2 unspecified atom stereocenters. The smallest absolute Gasteiger partial charge is 0.246 e. The summed E-state index contributed by atoms with van der Waals surface area (Å²) >= 11 is 0. The van der Waals surface area contributed by atoms with Crippen LogP contribution in [0.3, 0.4) is 0 Å². The van der Waals surface area contributed by atoms with Gasteiger partial charge in [-0.2, -0.15) is 0 Å². The van der Waals surface area contributed by atoms with Gasteiger partial charge in [-0.05, 0) is 42.9 Å². The molecule has 1 N–H and O–H groups in total. The molecule has 2 aliphatic heterocycles. The second-order valence-electron chi connectivity index (χ2n) is 9.79. The van der Waals surface area contributed by atoms with Crippen LogP contribution in [0, 0.1) is 0 Å². The lowest BCUT2D eigenvalue weighted by Crippen LogP contribution is -2.56. The number of amides is 1. The summed E-state index contributed by atoms with van der Waals surface area (Å²) in [5.41, 5.74) is 1.74. The maximum Gasteiger partial charge on any atom is 0.246 e. The second-order valence-corrected chi connectivity index (χ2v) is 9.79. The average molecular weight is 495 g/mol. The first-order valence-corrected chi connectivity index (χ1v) is 12.8. The number of hydrogen-bond acceptors (Lipinski definition) is 6. The fourth-order valence-corrected chi connectivity index (χ4v) is 5.95. The Morgan fingerprint density at radius 1 is 1.03 bits per heavy atom. The molecule has 2 saturated heterocycles. The number of nitrogens with one attached hydrogen (secondary N) is 1. The van der Waals surface area contributed by atoms with E-state index in [9.17, 15) is 4.79 Å². The largest absolute Gasteiger partial charge is 0.493 e. The first-order chi connectivity index (χ1) is 18.1. The Balaban J connectivity index is 1.32. The zero-order chi connectivity index (χ0) is 25.4. The number of hydrogen-bond donors (Lipinski definition) is 1. The summed E-state index contributed by atoms with van der Waals surface area (Å²) in [4.78, 5) is 23.6. The number of carbonyl (C=O) groups excluding carboxylic acids is 1. The van der Waals surface area contributed by atoms with Crippen molar-refractivity contribution in [2.75, 3.05) is 12.4 Å². The summed E-state index contributed by atoms with van der Waals surface area (Å²) in [7, 11) is 1.64. The van der Waals surface area contributed by atoms with Crippen molar-refractivity contribution in [3.63, 3.8) is 0 Å². The first-order valence-electron chi connectivity index (χ1n) is 12.8. The van der Waals surface area contributed by atoms with Crippen LogP contribution in [0.1, 0.15) is 32.1 Å². The molecule has 3 aromatic carbocycles. The number of ether oxygens (including phenoxy) is 2. The van der Waals surface area contributed by atoms with Crippen molar-refractivity contribution in [1.82, 2.24) is 14.9 Å². The van der Waals surface area contributed by atoms with Gasteiger partial charge in [-0.25, -0.2) is 9.97 Å². The third-order valence-electron chi connectivity index (χ3n) is 7.62. The quantitative estimate of drug-likeness (QED) is 0.331. The molecule has 2 atom stereocenters. The highest BCUT2D eigenvalue weighted by Crippen LogP contribution is 2.40. The lowest BCUT2D eigenvalue weighted by Gasteiger charge is -2.48. The van der Waals surface area contributed by atoms with Gasteiger partial charge in [-0.15, -0.1) is 0 Å². The van der Waals surface area contributed by atoms with E-state index < -0.39 is 0 Å². The Labute approximate surface area is 216 Å². The van der Waals surface area contributed by atoms with Crippen molar-refractivity contribution in [2.45, 2.75) is 50.3 Å². The molecule has 0 spiro atoms. The summed E-state index contributed by atoms with van der Waals surface area (Å²) in [6.07, 6.45) is 7.72. The van der Waals surface area contributed by atoms with E-state index in [4.69, 9.17) is 9.47 Å². The van der Waals surface area contributed by atoms with Crippen molar-refractivity contribution in [3.05, 3.63) is 73.6 Å². The number of aromatic nitrogens is 2. The zero-order valence-electron chi connectivity index (χ0n) is 20.9. The third-order valence-corrected chi connectivity index (χ3v) is 7.62. The second kappa shape index (κ2) is 9.73. The number of piperidine rings is 2. The number of rotatable bonds is 6. The van der Waals surface area contributed by atoms with E-state index in [-0.39, 0.29) is 24.1 Å². The topological polar surface area (TPSA) is 76.6 Å². The molecule has 2 bridgehead atoms. The van der Waals surface area contributed by atoms with Crippen LogP contribution in [0.15, 0.2) is 73.6 Å². The molecule has 2 aliphatic rings. The third kappa shape index (κ3) is 4.35. The minimum atomic E-state index is -0.00498. The highest BCUT2D eigenvalue weighted by molar-refractivity contribution is 5.99. The highest BCUT2D eigenvalue weighted by atomic mass is 16.5. The van der Waals surface area contributed by atoms with Crippen LogP contribution in [0.5, 0.6) is 11.5 Å². The molecule has 6 rings (SSSR count). The van der Waals surface area contributed by atoms with E-state index in [1.807, 2.05) is 41.3 Å². The SMILES string of the molecule is C=CC(=O)N1C2CCCC1CC(Oc1cc3c(Nc4cccc5ccccc45)ncnc3cc1OC)C2. The van der Waals surface area contributed by atoms with Crippen LogP contribution in [0.25, 0.3) is 21.7 Å². The molecule has 7 nitrogen and oxygen atoms in total. The maximum atomic E-state index is 12.5. The van der Waals surface area contributed by atoms with E-state index in [2.05, 4.69) is 40.1 Å². The van der Waals surface area contributed by atoms with Crippen molar-refractivity contribution < 1.29 is 14.3 Å². The van der Waals surface area contributed by atoms with Crippen LogP contribution >= 0.6 is 0 Å². The van der Waals surface area contributed by atoms with E-state index in [1.165, 1.54) is 6.08 Å². The number of benzene rings is 3. The van der Waals surface area contributed by atoms with Crippen LogP contribution < -0.4 is 14.8 Å². The summed E-state index contributed by atoms with van der Waals surface area (Å²) in [5.74, 6) is 2.03. The summed E-state index contributed by atoms with van der Waals surface area (Å²) in [6.45, 7) is 3.70. The Bertz CT molecular complexity index is 1470. The van der Waals surface area contributed by atoms with Crippen molar-refractivity contribution in [1.29, 1.82) is 0 Å². The minimum absolute atomic E-state index is 0.00498. The van der Waals surface area contributed by atoms with Gasteiger partial charge in [0.05, 0.1) is 12.6 Å². The predicted molar refractivity (Wildman–Crippen MR) is 145 cm³/mol. The van der Waals surface area contributed by atoms with E-state index in [0.29, 0.717) is 17.3 Å². The molecule has 4 aromatic rings. The number of fused-ring (bicyclic) bond motifs is 4. The van der Waals surface area contributed by atoms with Crippen LogP contribution in [0.4, 0.5) is 11.5 Å². The molecule has 3 heterocycles. The van der Waals surface area contributed by atoms with Crippen LogP contribution in [-0.4, -0.2) is 46.1 Å². The molecule has 0 radical (unpaired) electrons. The lowest BCUT2D eigenvalue weighted by molar-refractivity contribution is -0.137. The van der Waals surface area contributed by atoms with Crippen molar-refractivity contribution in [3.8, 4) is 11.5 Å². The van der Waals surface area contributed by atoms with E-state index in [0.717, 1.165) is 59.5 Å². The van der Waals surface area contributed by atoms with Gasteiger partial charge in [0.1, 0.15) is 18.2 Å². The van der Waals surface area contributed by atoms with Gasteiger partial charge in [-0.1, -0.05) is 43.0 Å². The number of anilines is 2. The summed E-state index contributed by atoms with van der Waals surface area (Å²) in [5, 5.41) is 6.64. The van der Waals surface area contributed by atoms with Crippen molar-refractivity contribution in [2.24, 2.45) is 0 Å². The molecule has 0 aliphatic carbocycles. The Kier molecular flexibility index (Phi) is 6.12. The molecule has 0 saturated carbocycles. The minimum Gasteiger partial charge on any atom is -0.493 e. The van der Waals surface area contributed by atoms with Gasteiger partial charge in [0.15, 0.2) is 11.5 Å². The number of carbonyl (C=O) groups is 1. The molecule has 2 fully saturated rings. The molecule has 188 valence electrons. The first kappa shape index (κ1) is 23.3. The molecular formula is C30H30N4O3. The van der Waals surface area contributed by atoms with Gasteiger partial charge in [0.2, 0.25) is 5.91 Å². The van der Waals surface area contributed by atoms with Crippen molar-refractivity contribution >= 4 is 39.1 Å². The van der Waals surface area contributed by atoms with Gasteiger partial charge >= 0.3 is 0 Å². The zero-order valence-corrected chi connectivity index (χ0v) is 20.9. The van der Waals surface area contributed by atoms with E-state index in [1.54, 1.807) is 13.4 Å². The monoisotopic (exact) mass is 494 g/mol. The fourth-order valence-electron chi connectivity index (χ4n) is 5.95. The van der Waals surface area contributed by atoms with Gasteiger partial charge < -0.3 is 19.7 Å².